The van der Waals surface area contributed by atoms with Gasteiger partial charge in [-0.3, -0.25) is 9.69 Å². The monoisotopic (exact) mass is 325 g/mol. The minimum absolute atomic E-state index is 0.0622. The molecule has 0 radical (unpaired) electrons. The van der Waals surface area contributed by atoms with Crippen molar-refractivity contribution in [3.05, 3.63) is 53.4 Å². The van der Waals surface area contributed by atoms with Gasteiger partial charge in [0, 0.05) is 32.2 Å². The van der Waals surface area contributed by atoms with E-state index >= 15 is 0 Å². The Morgan fingerprint density at radius 1 is 1.21 bits per heavy atom. The summed E-state index contributed by atoms with van der Waals surface area (Å²) in [5.74, 6) is 1.22. The van der Waals surface area contributed by atoms with Gasteiger partial charge in [0.25, 0.3) is 5.91 Å². The lowest BCUT2D eigenvalue weighted by Crippen LogP contribution is -2.43. The molecule has 1 aromatic carbocycles. The average Bonchev–Trinajstić information content (AvgIpc) is 2.82. The van der Waals surface area contributed by atoms with E-state index in [4.69, 9.17) is 4.52 Å². The molecule has 0 N–H and O–H groups in total. The van der Waals surface area contributed by atoms with E-state index in [2.05, 4.69) is 40.4 Å². The molecule has 2 aromatic rings. The number of hydrogen-bond donors (Lipinski definition) is 0. The second kappa shape index (κ2) is 6.40. The van der Waals surface area contributed by atoms with E-state index in [9.17, 15) is 4.79 Å². The Hall–Kier alpha value is -2.14. The number of amides is 1. The van der Waals surface area contributed by atoms with Crippen LogP contribution in [-0.4, -0.2) is 46.5 Å². The molecular formula is C19H23N3O2. The molecule has 0 saturated carbocycles. The first-order chi connectivity index (χ1) is 11.7. The number of aromatic nitrogens is 1. The Morgan fingerprint density at radius 2 is 2.04 bits per heavy atom. The molecule has 0 aliphatic carbocycles. The molecule has 3 saturated heterocycles. The highest BCUT2D eigenvalue weighted by atomic mass is 16.5. The second-order valence-electron chi connectivity index (χ2n) is 7.02. The maximum atomic E-state index is 12.8. The average molecular weight is 325 g/mol. The molecule has 1 amide bonds. The minimum atomic E-state index is 0.0622. The molecule has 2 atom stereocenters. The summed E-state index contributed by atoms with van der Waals surface area (Å²) in [6.45, 7) is 5.48. The Kier molecular flexibility index (Phi) is 4.10. The van der Waals surface area contributed by atoms with Crippen molar-refractivity contribution in [1.29, 1.82) is 0 Å². The van der Waals surface area contributed by atoms with Gasteiger partial charge >= 0.3 is 0 Å². The Morgan fingerprint density at radius 3 is 2.79 bits per heavy atom. The summed E-state index contributed by atoms with van der Waals surface area (Å²) in [6.07, 6.45) is 3.93. The van der Waals surface area contributed by atoms with Crippen molar-refractivity contribution < 1.29 is 9.32 Å². The normalized spacial score (nSPS) is 24.1. The first-order valence-corrected chi connectivity index (χ1v) is 8.69. The van der Waals surface area contributed by atoms with E-state index in [1.807, 2.05) is 4.90 Å². The van der Waals surface area contributed by atoms with Crippen LogP contribution in [0.15, 0.2) is 41.1 Å². The van der Waals surface area contributed by atoms with E-state index in [0.29, 0.717) is 23.3 Å². The number of hydrogen-bond acceptors (Lipinski definition) is 4. The van der Waals surface area contributed by atoms with Crippen molar-refractivity contribution in [3.63, 3.8) is 0 Å². The molecule has 0 spiro atoms. The molecule has 1 aromatic heterocycles. The second-order valence-corrected chi connectivity index (χ2v) is 7.02. The third kappa shape index (κ3) is 2.96. The van der Waals surface area contributed by atoms with Gasteiger partial charge < -0.3 is 9.42 Å². The van der Waals surface area contributed by atoms with Crippen LogP contribution in [0.4, 0.5) is 0 Å². The van der Waals surface area contributed by atoms with Gasteiger partial charge in [0.2, 0.25) is 0 Å². The number of nitrogens with zero attached hydrogens (tertiary/aromatic N) is 3. The maximum Gasteiger partial charge on any atom is 0.259 e. The van der Waals surface area contributed by atoms with E-state index < -0.39 is 0 Å². The van der Waals surface area contributed by atoms with Gasteiger partial charge in [-0.05, 0) is 31.2 Å². The number of carbonyl (C=O) groups excluding carboxylic acids is 1. The van der Waals surface area contributed by atoms with Crippen LogP contribution in [0.3, 0.4) is 0 Å². The van der Waals surface area contributed by atoms with Crippen molar-refractivity contribution in [1.82, 2.24) is 15.0 Å². The zero-order chi connectivity index (χ0) is 16.5. The quantitative estimate of drug-likeness (QED) is 0.871. The van der Waals surface area contributed by atoms with Gasteiger partial charge in [-0.2, -0.15) is 0 Å². The molecule has 5 nitrogen and oxygen atoms in total. The summed E-state index contributed by atoms with van der Waals surface area (Å²) >= 11 is 0. The first-order valence-electron chi connectivity index (χ1n) is 8.69. The molecule has 5 heteroatoms. The van der Waals surface area contributed by atoms with Gasteiger partial charge in [0.05, 0.1) is 6.20 Å². The largest absolute Gasteiger partial charge is 0.361 e. The molecule has 126 valence electrons. The van der Waals surface area contributed by atoms with E-state index in [0.717, 1.165) is 26.2 Å². The number of piperidine rings is 1. The molecule has 2 bridgehead atoms. The van der Waals surface area contributed by atoms with Crippen molar-refractivity contribution in [3.8, 4) is 0 Å². The highest BCUT2D eigenvalue weighted by molar-refractivity contribution is 5.94. The zero-order valence-corrected chi connectivity index (χ0v) is 14.0. The summed E-state index contributed by atoms with van der Waals surface area (Å²) in [5.41, 5.74) is 1.95. The molecule has 4 heterocycles. The van der Waals surface area contributed by atoms with E-state index in [1.54, 1.807) is 13.1 Å². The fourth-order valence-electron chi connectivity index (χ4n) is 4.03. The molecular weight excluding hydrogens is 302 g/mol. The predicted octanol–water partition coefficient (Wildman–Crippen LogP) is 2.72. The Bertz CT molecular complexity index is 712. The summed E-state index contributed by atoms with van der Waals surface area (Å²) in [5, 5.41) is 3.75. The zero-order valence-electron chi connectivity index (χ0n) is 14.0. The summed E-state index contributed by atoms with van der Waals surface area (Å²) in [4.78, 5) is 17.4. The standard InChI is InChI=1S/C19H23N3O2/c1-14-18(9-20-24-14)19(23)22-12-16-7-8-17(13-22)21(11-16)10-15-5-3-2-4-6-15/h2-6,9,16-17H,7-8,10-13H2,1H3/t16-,17-/m1/s1. The van der Waals surface area contributed by atoms with E-state index in [1.165, 1.54) is 18.4 Å². The number of aryl methyl sites for hydroxylation is 1. The summed E-state index contributed by atoms with van der Waals surface area (Å²) in [6, 6.07) is 11.0. The summed E-state index contributed by atoms with van der Waals surface area (Å²) in [7, 11) is 0. The SMILES string of the molecule is Cc1oncc1C(=O)N1C[C@@H]2CC[C@H](C1)N(Cc1ccccc1)C2. The van der Waals surface area contributed by atoms with Crippen LogP contribution < -0.4 is 0 Å². The van der Waals surface area contributed by atoms with Crippen molar-refractivity contribution in [2.45, 2.75) is 32.4 Å². The molecule has 24 heavy (non-hydrogen) atoms. The Balaban J connectivity index is 1.50. The molecule has 3 fully saturated rings. The van der Waals surface area contributed by atoms with Crippen LogP contribution in [0.1, 0.15) is 34.5 Å². The Labute approximate surface area is 142 Å². The van der Waals surface area contributed by atoms with Gasteiger partial charge in [-0.15, -0.1) is 0 Å². The lowest BCUT2D eigenvalue weighted by atomic mass is 9.94. The van der Waals surface area contributed by atoms with Gasteiger partial charge in [0.15, 0.2) is 0 Å². The number of carbonyl (C=O) groups is 1. The molecule has 5 rings (SSSR count). The highest BCUT2D eigenvalue weighted by Crippen LogP contribution is 2.30. The van der Waals surface area contributed by atoms with Crippen LogP contribution in [0.2, 0.25) is 0 Å². The lowest BCUT2D eigenvalue weighted by Gasteiger charge is -2.36. The smallest absolute Gasteiger partial charge is 0.259 e. The first kappa shape index (κ1) is 15.4. The van der Waals surface area contributed by atoms with Crippen molar-refractivity contribution in [2.75, 3.05) is 19.6 Å². The van der Waals surface area contributed by atoms with Gasteiger partial charge in [-0.25, -0.2) is 0 Å². The van der Waals surface area contributed by atoms with Crippen LogP contribution in [0, 0.1) is 12.8 Å². The number of fused-ring (bicyclic) bond motifs is 4. The lowest BCUT2D eigenvalue weighted by molar-refractivity contribution is 0.0734. The minimum Gasteiger partial charge on any atom is -0.361 e. The molecule has 3 aliphatic rings. The molecule has 0 unspecified atom stereocenters. The maximum absolute atomic E-state index is 12.8. The number of rotatable bonds is 3. The van der Waals surface area contributed by atoms with Crippen molar-refractivity contribution >= 4 is 5.91 Å². The van der Waals surface area contributed by atoms with Crippen LogP contribution >= 0.6 is 0 Å². The fraction of sp³-hybridized carbons (Fsp3) is 0.474. The predicted molar refractivity (Wildman–Crippen MR) is 90.5 cm³/mol. The fourth-order valence-corrected chi connectivity index (χ4v) is 4.03. The van der Waals surface area contributed by atoms with Crippen LogP contribution in [0.25, 0.3) is 0 Å². The highest BCUT2D eigenvalue weighted by Gasteiger charge is 2.37. The number of benzene rings is 1. The van der Waals surface area contributed by atoms with Crippen molar-refractivity contribution in [2.24, 2.45) is 5.92 Å². The van der Waals surface area contributed by atoms with Gasteiger partial charge in [0.1, 0.15) is 11.3 Å². The molecule has 3 aliphatic heterocycles. The van der Waals surface area contributed by atoms with Gasteiger partial charge in [-0.1, -0.05) is 35.5 Å². The third-order valence-electron chi connectivity index (χ3n) is 5.32. The summed E-state index contributed by atoms with van der Waals surface area (Å²) < 4.78 is 5.07. The van der Waals surface area contributed by atoms with E-state index in [-0.39, 0.29) is 5.91 Å². The van der Waals surface area contributed by atoms with Crippen LogP contribution in [0.5, 0.6) is 0 Å². The topological polar surface area (TPSA) is 49.6 Å². The van der Waals surface area contributed by atoms with Crippen LogP contribution in [-0.2, 0) is 6.54 Å². The third-order valence-corrected chi connectivity index (χ3v) is 5.32.